The standard InChI is InChI=1S/C28H23N7O2/c1-17-3-4-21(35-26(36)18-5-8-32-25(10-18)28(15-29)6-7-28)11-22(17)19-9-20(14-31-13-19)23-12-24(27(37)30-2)34-16-33-23/h3-5,8-14,16H,6-7H2,1-2H3,(H,30,37)(H,35,36). The Labute approximate surface area is 213 Å². The van der Waals surface area contributed by atoms with Gasteiger partial charge in [-0.05, 0) is 67.3 Å². The molecule has 0 radical (unpaired) electrons. The van der Waals surface area contributed by atoms with Crippen LogP contribution in [0.15, 0.2) is 67.4 Å². The molecule has 1 aromatic carbocycles. The van der Waals surface area contributed by atoms with Gasteiger partial charge < -0.3 is 10.6 Å². The minimum Gasteiger partial charge on any atom is -0.354 e. The van der Waals surface area contributed by atoms with E-state index in [1.165, 1.54) is 6.33 Å². The van der Waals surface area contributed by atoms with E-state index >= 15 is 0 Å². The zero-order valence-corrected chi connectivity index (χ0v) is 20.3. The SMILES string of the molecule is CNC(=O)c1cc(-c2cncc(-c3cc(NC(=O)c4ccnc(C5(C#N)CC5)c4)ccc3C)c2)ncn1. The second-order valence-corrected chi connectivity index (χ2v) is 8.94. The Hall–Kier alpha value is -4.97. The molecule has 0 atom stereocenters. The van der Waals surface area contributed by atoms with Gasteiger partial charge in [0.05, 0.1) is 22.9 Å². The molecule has 1 fully saturated rings. The summed E-state index contributed by atoms with van der Waals surface area (Å²) in [5.41, 5.74) is 5.45. The van der Waals surface area contributed by atoms with Crippen LogP contribution < -0.4 is 10.6 Å². The van der Waals surface area contributed by atoms with E-state index in [1.807, 2.05) is 31.2 Å². The maximum atomic E-state index is 13.0. The van der Waals surface area contributed by atoms with Crippen molar-refractivity contribution in [3.8, 4) is 28.5 Å². The molecule has 0 saturated heterocycles. The van der Waals surface area contributed by atoms with Crippen molar-refractivity contribution in [3.63, 3.8) is 0 Å². The fourth-order valence-electron chi connectivity index (χ4n) is 4.09. The minimum atomic E-state index is -0.559. The predicted molar refractivity (Wildman–Crippen MR) is 138 cm³/mol. The zero-order chi connectivity index (χ0) is 26.0. The zero-order valence-electron chi connectivity index (χ0n) is 20.3. The van der Waals surface area contributed by atoms with Gasteiger partial charge >= 0.3 is 0 Å². The fourth-order valence-corrected chi connectivity index (χ4v) is 4.09. The van der Waals surface area contributed by atoms with Crippen molar-refractivity contribution in [1.29, 1.82) is 5.26 Å². The Kier molecular flexibility index (Phi) is 6.15. The maximum absolute atomic E-state index is 13.0. The van der Waals surface area contributed by atoms with E-state index in [4.69, 9.17) is 0 Å². The number of anilines is 1. The predicted octanol–water partition coefficient (Wildman–Crippen LogP) is 4.08. The molecule has 4 aromatic rings. The molecule has 9 heteroatoms. The topological polar surface area (TPSA) is 134 Å². The van der Waals surface area contributed by atoms with Crippen LogP contribution in [0, 0.1) is 18.3 Å². The molecule has 3 heterocycles. The second kappa shape index (κ2) is 9.59. The van der Waals surface area contributed by atoms with Gasteiger partial charge in [-0.3, -0.25) is 19.6 Å². The number of aromatic nitrogens is 4. The smallest absolute Gasteiger partial charge is 0.269 e. The summed E-state index contributed by atoms with van der Waals surface area (Å²) in [5, 5.41) is 15.0. The molecule has 0 unspecified atom stereocenters. The van der Waals surface area contributed by atoms with Crippen LogP contribution in [0.3, 0.4) is 0 Å². The van der Waals surface area contributed by atoms with Gasteiger partial charge in [0.25, 0.3) is 11.8 Å². The Bertz CT molecular complexity index is 1570. The lowest BCUT2D eigenvalue weighted by Crippen LogP contribution is -2.19. The first kappa shape index (κ1) is 23.8. The van der Waals surface area contributed by atoms with Gasteiger partial charge in [0, 0.05) is 48.0 Å². The number of nitriles is 1. The largest absolute Gasteiger partial charge is 0.354 e. The van der Waals surface area contributed by atoms with Crippen molar-refractivity contribution < 1.29 is 9.59 Å². The van der Waals surface area contributed by atoms with Gasteiger partial charge in [0.1, 0.15) is 12.0 Å². The van der Waals surface area contributed by atoms with Crippen LogP contribution in [0.25, 0.3) is 22.4 Å². The van der Waals surface area contributed by atoms with Crippen LogP contribution >= 0.6 is 0 Å². The highest BCUT2D eigenvalue weighted by atomic mass is 16.2. The number of nitrogens with zero attached hydrogens (tertiary/aromatic N) is 5. The third-order valence-corrected chi connectivity index (χ3v) is 6.44. The molecule has 1 aliphatic rings. The van der Waals surface area contributed by atoms with E-state index in [1.54, 1.807) is 43.8 Å². The van der Waals surface area contributed by atoms with E-state index < -0.39 is 5.41 Å². The van der Waals surface area contributed by atoms with Crippen molar-refractivity contribution in [2.75, 3.05) is 12.4 Å². The molecule has 0 bridgehead atoms. The lowest BCUT2D eigenvalue weighted by atomic mass is 9.99. The van der Waals surface area contributed by atoms with Crippen molar-refractivity contribution in [3.05, 3.63) is 89.9 Å². The Morgan fingerprint density at radius 3 is 2.54 bits per heavy atom. The molecule has 2 N–H and O–H groups in total. The minimum absolute atomic E-state index is 0.264. The van der Waals surface area contributed by atoms with Crippen LogP contribution in [0.1, 0.15) is 44.9 Å². The van der Waals surface area contributed by atoms with Gasteiger partial charge in [0.15, 0.2) is 0 Å². The molecule has 2 amide bonds. The number of hydrogen-bond donors (Lipinski definition) is 2. The number of carbonyl (C=O) groups excluding carboxylic acids is 2. The number of hydrogen-bond acceptors (Lipinski definition) is 7. The normalized spacial score (nSPS) is 13.3. The first-order valence-corrected chi connectivity index (χ1v) is 11.7. The summed E-state index contributed by atoms with van der Waals surface area (Å²) in [4.78, 5) is 42.0. The van der Waals surface area contributed by atoms with E-state index in [0.29, 0.717) is 22.6 Å². The van der Waals surface area contributed by atoms with Crippen LogP contribution in [-0.2, 0) is 5.41 Å². The van der Waals surface area contributed by atoms with E-state index in [-0.39, 0.29) is 17.5 Å². The lowest BCUT2D eigenvalue weighted by molar-refractivity contribution is 0.0957. The van der Waals surface area contributed by atoms with E-state index in [2.05, 4.69) is 36.6 Å². The van der Waals surface area contributed by atoms with Crippen LogP contribution in [0.5, 0.6) is 0 Å². The number of pyridine rings is 2. The van der Waals surface area contributed by atoms with E-state index in [9.17, 15) is 14.9 Å². The second-order valence-electron chi connectivity index (χ2n) is 8.94. The summed E-state index contributed by atoms with van der Waals surface area (Å²) in [6.07, 6.45) is 7.86. The number of rotatable bonds is 6. The molecule has 37 heavy (non-hydrogen) atoms. The molecule has 9 nitrogen and oxygen atoms in total. The maximum Gasteiger partial charge on any atom is 0.269 e. The van der Waals surface area contributed by atoms with Gasteiger partial charge in [-0.25, -0.2) is 9.97 Å². The third kappa shape index (κ3) is 4.77. The van der Waals surface area contributed by atoms with Gasteiger partial charge in [0.2, 0.25) is 0 Å². The highest BCUT2D eigenvalue weighted by Crippen LogP contribution is 2.46. The van der Waals surface area contributed by atoms with Crippen LogP contribution in [0.2, 0.25) is 0 Å². The summed E-state index contributed by atoms with van der Waals surface area (Å²) in [6, 6.07) is 14.9. The van der Waals surface area contributed by atoms with Crippen molar-refractivity contribution in [2.24, 2.45) is 0 Å². The lowest BCUT2D eigenvalue weighted by Gasteiger charge is -2.12. The summed E-state index contributed by atoms with van der Waals surface area (Å²) in [6.45, 7) is 1.98. The average molecular weight is 490 g/mol. The number of nitrogens with one attached hydrogen (secondary N) is 2. The molecular weight excluding hydrogens is 466 g/mol. The number of amides is 2. The van der Waals surface area contributed by atoms with Crippen molar-refractivity contribution in [1.82, 2.24) is 25.3 Å². The quantitative estimate of drug-likeness (QED) is 0.417. The molecule has 1 aliphatic carbocycles. The number of aryl methyl sites for hydroxylation is 1. The molecule has 1 saturated carbocycles. The molecule has 5 rings (SSSR count). The Morgan fingerprint density at radius 2 is 1.78 bits per heavy atom. The molecule has 0 spiro atoms. The van der Waals surface area contributed by atoms with E-state index in [0.717, 1.165) is 35.1 Å². The first-order chi connectivity index (χ1) is 17.9. The highest BCUT2D eigenvalue weighted by molar-refractivity contribution is 6.04. The van der Waals surface area contributed by atoms with Gasteiger partial charge in [-0.1, -0.05) is 6.07 Å². The van der Waals surface area contributed by atoms with Gasteiger partial charge in [-0.2, -0.15) is 5.26 Å². The van der Waals surface area contributed by atoms with Crippen LogP contribution in [-0.4, -0.2) is 38.8 Å². The fraction of sp³-hybridized carbons (Fsp3) is 0.179. The number of carbonyl (C=O) groups is 2. The number of benzene rings is 1. The monoisotopic (exact) mass is 489 g/mol. The molecule has 182 valence electrons. The average Bonchev–Trinajstić information content (AvgIpc) is 3.75. The molecular formula is C28H23N7O2. The Morgan fingerprint density at radius 1 is 0.973 bits per heavy atom. The summed E-state index contributed by atoms with van der Waals surface area (Å²) in [7, 11) is 1.55. The Balaban J connectivity index is 1.41. The summed E-state index contributed by atoms with van der Waals surface area (Å²) >= 11 is 0. The molecule has 3 aromatic heterocycles. The van der Waals surface area contributed by atoms with Crippen LogP contribution in [0.4, 0.5) is 5.69 Å². The third-order valence-electron chi connectivity index (χ3n) is 6.44. The van der Waals surface area contributed by atoms with Crippen molar-refractivity contribution in [2.45, 2.75) is 25.2 Å². The first-order valence-electron chi connectivity index (χ1n) is 11.7. The highest BCUT2D eigenvalue weighted by Gasteiger charge is 2.46. The van der Waals surface area contributed by atoms with Gasteiger partial charge in [-0.15, -0.1) is 0 Å². The summed E-state index contributed by atoms with van der Waals surface area (Å²) in [5.74, 6) is -0.574. The summed E-state index contributed by atoms with van der Waals surface area (Å²) < 4.78 is 0. The van der Waals surface area contributed by atoms with Crippen molar-refractivity contribution >= 4 is 17.5 Å². The molecule has 0 aliphatic heterocycles.